The van der Waals surface area contributed by atoms with Crippen molar-refractivity contribution in [3.05, 3.63) is 35.4 Å². The molecule has 0 fully saturated rings. The molecule has 1 aromatic rings. The highest BCUT2D eigenvalue weighted by Crippen LogP contribution is 2.28. The zero-order chi connectivity index (χ0) is 9.97. The second-order valence-electron chi connectivity index (χ2n) is 3.89. The van der Waals surface area contributed by atoms with E-state index in [0.717, 1.165) is 12.8 Å². The highest BCUT2D eigenvalue weighted by Gasteiger charge is 2.23. The number of benzene rings is 1. The van der Waals surface area contributed by atoms with E-state index in [1.54, 1.807) is 7.11 Å². The van der Waals surface area contributed by atoms with Crippen molar-refractivity contribution in [3.8, 4) is 0 Å². The number of hydrogen-bond donors (Lipinski definition) is 1. The average molecular weight is 191 g/mol. The average Bonchev–Trinajstić information content (AvgIpc) is 2.39. The van der Waals surface area contributed by atoms with Gasteiger partial charge in [0.1, 0.15) is 0 Å². The van der Waals surface area contributed by atoms with Crippen molar-refractivity contribution in [2.75, 3.05) is 7.11 Å². The fourth-order valence-electron chi connectivity index (χ4n) is 2.23. The lowest BCUT2D eigenvalue weighted by Crippen LogP contribution is -2.27. The predicted molar refractivity (Wildman–Crippen MR) is 57.1 cm³/mol. The van der Waals surface area contributed by atoms with Crippen LogP contribution in [0.5, 0.6) is 0 Å². The van der Waals surface area contributed by atoms with Gasteiger partial charge in [-0.1, -0.05) is 24.3 Å². The zero-order valence-electron chi connectivity index (χ0n) is 8.57. The maximum absolute atomic E-state index is 6.18. The summed E-state index contributed by atoms with van der Waals surface area (Å²) in [5.74, 6) is 0. The molecule has 14 heavy (non-hydrogen) atoms. The van der Waals surface area contributed by atoms with Crippen LogP contribution < -0.4 is 5.73 Å². The van der Waals surface area contributed by atoms with Gasteiger partial charge in [-0.25, -0.2) is 0 Å². The molecule has 2 rings (SSSR count). The van der Waals surface area contributed by atoms with Gasteiger partial charge in [0, 0.05) is 7.11 Å². The maximum atomic E-state index is 6.18. The normalized spacial score (nSPS) is 26.7. The monoisotopic (exact) mass is 191 g/mol. The fraction of sp³-hybridized carbons (Fsp3) is 0.500. The molecule has 2 nitrogen and oxygen atoms in total. The topological polar surface area (TPSA) is 35.2 Å². The second-order valence-corrected chi connectivity index (χ2v) is 3.89. The minimum Gasteiger partial charge on any atom is -0.379 e. The Morgan fingerprint density at radius 1 is 1.36 bits per heavy atom. The van der Waals surface area contributed by atoms with Gasteiger partial charge >= 0.3 is 0 Å². The molecule has 2 unspecified atom stereocenters. The Morgan fingerprint density at radius 3 is 2.93 bits per heavy atom. The first-order valence-corrected chi connectivity index (χ1v) is 5.19. The first kappa shape index (κ1) is 9.69. The fourth-order valence-corrected chi connectivity index (χ4v) is 2.23. The van der Waals surface area contributed by atoms with Gasteiger partial charge in [0.2, 0.25) is 0 Å². The molecule has 0 saturated carbocycles. The smallest absolute Gasteiger partial charge is 0.0764 e. The highest BCUT2D eigenvalue weighted by molar-refractivity contribution is 5.31. The molecule has 0 aromatic heterocycles. The Balaban J connectivity index is 2.34. The van der Waals surface area contributed by atoms with Gasteiger partial charge in [-0.05, 0) is 30.4 Å². The standard InChI is InChI=1S/C12H17NO/c1-14-11-8-4-6-9-5-2-3-7-10(9)12(11)13/h2-3,5,7,11-12H,4,6,8,13H2,1H3. The summed E-state index contributed by atoms with van der Waals surface area (Å²) in [4.78, 5) is 0. The first-order valence-electron chi connectivity index (χ1n) is 5.19. The van der Waals surface area contributed by atoms with Gasteiger partial charge in [0.15, 0.2) is 0 Å². The summed E-state index contributed by atoms with van der Waals surface area (Å²) in [6.45, 7) is 0. The number of fused-ring (bicyclic) bond motifs is 1. The van der Waals surface area contributed by atoms with E-state index in [1.807, 2.05) is 0 Å². The van der Waals surface area contributed by atoms with Crippen molar-refractivity contribution < 1.29 is 4.74 Å². The molecule has 0 bridgehead atoms. The summed E-state index contributed by atoms with van der Waals surface area (Å²) in [5.41, 5.74) is 8.83. The van der Waals surface area contributed by atoms with Crippen LogP contribution in [0.4, 0.5) is 0 Å². The summed E-state index contributed by atoms with van der Waals surface area (Å²) in [6.07, 6.45) is 3.54. The Hall–Kier alpha value is -0.860. The Labute approximate surface area is 85.1 Å². The quantitative estimate of drug-likeness (QED) is 0.689. The number of ether oxygens (including phenoxy) is 1. The Morgan fingerprint density at radius 2 is 2.14 bits per heavy atom. The van der Waals surface area contributed by atoms with E-state index in [1.165, 1.54) is 17.5 Å². The summed E-state index contributed by atoms with van der Waals surface area (Å²) in [6, 6.07) is 8.47. The molecule has 1 aliphatic rings. The third kappa shape index (κ3) is 1.68. The lowest BCUT2D eigenvalue weighted by molar-refractivity contribution is 0.0740. The van der Waals surface area contributed by atoms with Gasteiger partial charge in [0.05, 0.1) is 12.1 Å². The van der Waals surface area contributed by atoms with E-state index < -0.39 is 0 Å². The third-order valence-electron chi connectivity index (χ3n) is 3.05. The number of nitrogens with two attached hydrogens (primary N) is 1. The van der Waals surface area contributed by atoms with E-state index in [-0.39, 0.29) is 12.1 Å². The van der Waals surface area contributed by atoms with Gasteiger partial charge < -0.3 is 10.5 Å². The number of hydrogen-bond acceptors (Lipinski definition) is 2. The van der Waals surface area contributed by atoms with Gasteiger partial charge in [-0.3, -0.25) is 0 Å². The maximum Gasteiger partial charge on any atom is 0.0764 e. The second kappa shape index (κ2) is 4.11. The summed E-state index contributed by atoms with van der Waals surface area (Å²) in [7, 11) is 1.75. The number of rotatable bonds is 1. The number of aryl methyl sites for hydroxylation is 1. The van der Waals surface area contributed by atoms with E-state index in [9.17, 15) is 0 Å². The summed E-state index contributed by atoms with van der Waals surface area (Å²) >= 11 is 0. The zero-order valence-corrected chi connectivity index (χ0v) is 8.57. The van der Waals surface area contributed by atoms with Crippen LogP contribution in [0.15, 0.2) is 24.3 Å². The highest BCUT2D eigenvalue weighted by atomic mass is 16.5. The molecule has 1 aromatic carbocycles. The molecular weight excluding hydrogens is 174 g/mol. The first-order chi connectivity index (χ1) is 6.83. The van der Waals surface area contributed by atoms with Crippen molar-refractivity contribution in [1.82, 2.24) is 0 Å². The molecule has 1 aliphatic carbocycles. The van der Waals surface area contributed by atoms with Crippen LogP contribution in [0.3, 0.4) is 0 Å². The van der Waals surface area contributed by atoms with Crippen LogP contribution in [-0.2, 0) is 11.2 Å². The minimum absolute atomic E-state index is 0.0405. The lowest BCUT2D eigenvalue weighted by Gasteiger charge is -2.21. The lowest BCUT2D eigenvalue weighted by atomic mass is 9.98. The predicted octanol–water partition coefficient (Wildman–Crippen LogP) is 2.04. The van der Waals surface area contributed by atoms with Gasteiger partial charge in [-0.15, -0.1) is 0 Å². The molecule has 0 saturated heterocycles. The Kier molecular flexibility index (Phi) is 2.85. The molecular formula is C12H17NO. The Bertz CT molecular complexity index is 311. The van der Waals surface area contributed by atoms with E-state index in [2.05, 4.69) is 24.3 Å². The van der Waals surface area contributed by atoms with E-state index >= 15 is 0 Å². The van der Waals surface area contributed by atoms with E-state index in [0.29, 0.717) is 0 Å². The molecule has 0 aliphatic heterocycles. The van der Waals surface area contributed by atoms with Crippen LogP contribution >= 0.6 is 0 Å². The van der Waals surface area contributed by atoms with Crippen molar-refractivity contribution in [2.24, 2.45) is 5.73 Å². The largest absolute Gasteiger partial charge is 0.379 e. The third-order valence-corrected chi connectivity index (χ3v) is 3.05. The van der Waals surface area contributed by atoms with E-state index in [4.69, 9.17) is 10.5 Å². The van der Waals surface area contributed by atoms with Crippen LogP contribution in [0, 0.1) is 0 Å². The van der Waals surface area contributed by atoms with Crippen molar-refractivity contribution in [2.45, 2.75) is 31.4 Å². The molecule has 0 radical (unpaired) electrons. The van der Waals surface area contributed by atoms with Crippen LogP contribution in [0.1, 0.15) is 30.0 Å². The SMILES string of the molecule is COC1CCCc2ccccc2C1N. The summed E-state index contributed by atoms with van der Waals surface area (Å²) < 4.78 is 5.42. The van der Waals surface area contributed by atoms with Crippen LogP contribution in [0.25, 0.3) is 0 Å². The molecule has 2 atom stereocenters. The van der Waals surface area contributed by atoms with Crippen molar-refractivity contribution in [3.63, 3.8) is 0 Å². The van der Waals surface area contributed by atoms with Crippen LogP contribution in [0.2, 0.25) is 0 Å². The number of methoxy groups -OCH3 is 1. The molecule has 0 amide bonds. The van der Waals surface area contributed by atoms with Crippen molar-refractivity contribution in [1.29, 1.82) is 0 Å². The van der Waals surface area contributed by atoms with Crippen LogP contribution in [-0.4, -0.2) is 13.2 Å². The van der Waals surface area contributed by atoms with Crippen molar-refractivity contribution >= 4 is 0 Å². The molecule has 0 heterocycles. The molecule has 76 valence electrons. The minimum atomic E-state index is 0.0405. The molecule has 2 heteroatoms. The van der Waals surface area contributed by atoms with Gasteiger partial charge in [-0.2, -0.15) is 0 Å². The summed E-state index contributed by atoms with van der Waals surface area (Å²) in [5, 5.41) is 0. The van der Waals surface area contributed by atoms with Gasteiger partial charge in [0.25, 0.3) is 0 Å². The molecule has 0 spiro atoms. The molecule has 2 N–H and O–H groups in total.